The van der Waals surface area contributed by atoms with Crippen LogP contribution in [0.25, 0.3) is 10.8 Å². The molecule has 0 aromatic heterocycles. The molecule has 0 aliphatic rings. The van der Waals surface area contributed by atoms with E-state index < -0.39 is 0 Å². The molecule has 3 N–H and O–H groups in total. The van der Waals surface area contributed by atoms with Crippen molar-refractivity contribution in [1.82, 2.24) is 0 Å². The van der Waals surface area contributed by atoms with Crippen molar-refractivity contribution in [2.75, 3.05) is 6.54 Å². The smallest absolute Gasteiger partial charge is 0.119 e. The van der Waals surface area contributed by atoms with E-state index in [1.165, 1.54) is 0 Å². The first kappa shape index (κ1) is 11.2. The van der Waals surface area contributed by atoms with E-state index in [0.29, 0.717) is 17.3 Å². The number of fused-ring (bicyclic) bond motifs is 1. The molecule has 84 valence electrons. The monoisotopic (exact) mass is 235 g/mol. The predicted octanol–water partition coefficient (Wildman–Crippen LogP) is 3.26. The third kappa shape index (κ3) is 1.86. The summed E-state index contributed by atoms with van der Waals surface area (Å²) in [6.07, 6.45) is 0. The topological polar surface area (TPSA) is 46.2 Å². The Kier molecular flexibility index (Phi) is 3.03. The van der Waals surface area contributed by atoms with E-state index in [1.807, 2.05) is 31.2 Å². The molecule has 0 saturated carbocycles. The van der Waals surface area contributed by atoms with Crippen LogP contribution in [0, 0.1) is 0 Å². The summed E-state index contributed by atoms with van der Waals surface area (Å²) in [6.45, 7) is 2.51. The van der Waals surface area contributed by atoms with Gasteiger partial charge in [0, 0.05) is 10.6 Å². The van der Waals surface area contributed by atoms with Crippen molar-refractivity contribution >= 4 is 22.4 Å². The highest BCUT2D eigenvalue weighted by Crippen LogP contribution is 2.33. The van der Waals surface area contributed by atoms with Gasteiger partial charge in [0.1, 0.15) is 5.75 Å². The van der Waals surface area contributed by atoms with Gasteiger partial charge in [-0.05, 0) is 41.4 Å². The minimum absolute atomic E-state index is 0.130. The molecule has 2 aromatic carbocycles. The van der Waals surface area contributed by atoms with Gasteiger partial charge in [-0.3, -0.25) is 0 Å². The highest BCUT2D eigenvalue weighted by Gasteiger charge is 2.12. The van der Waals surface area contributed by atoms with Crippen molar-refractivity contribution in [2.45, 2.75) is 12.8 Å². The average molecular weight is 236 g/mol. The molecule has 0 bridgehead atoms. The van der Waals surface area contributed by atoms with Crippen LogP contribution in [0.3, 0.4) is 0 Å². The quantitative estimate of drug-likeness (QED) is 0.839. The van der Waals surface area contributed by atoms with Gasteiger partial charge in [-0.1, -0.05) is 30.7 Å². The van der Waals surface area contributed by atoms with Gasteiger partial charge < -0.3 is 10.8 Å². The number of nitrogens with two attached hydrogens (primary N) is 1. The lowest BCUT2D eigenvalue weighted by Crippen LogP contribution is -2.09. The van der Waals surface area contributed by atoms with Gasteiger partial charge in [0.15, 0.2) is 0 Å². The largest absolute Gasteiger partial charge is 0.508 e. The lowest BCUT2D eigenvalue weighted by Gasteiger charge is -2.14. The van der Waals surface area contributed by atoms with Gasteiger partial charge >= 0.3 is 0 Å². The number of phenols is 1. The van der Waals surface area contributed by atoms with E-state index in [4.69, 9.17) is 17.3 Å². The Morgan fingerprint density at radius 3 is 2.75 bits per heavy atom. The average Bonchev–Trinajstić information content (AvgIpc) is 2.28. The Labute approximate surface area is 99.6 Å². The van der Waals surface area contributed by atoms with Crippen molar-refractivity contribution < 1.29 is 5.11 Å². The van der Waals surface area contributed by atoms with Crippen LogP contribution in [0.4, 0.5) is 0 Å². The van der Waals surface area contributed by atoms with E-state index in [0.717, 1.165) is 16.3 Å². The van der Waals surface area contributed by atoms with Gasteiger partial charge in [-0.15, -0.1) is 0 Å². The highest BCUT2D eigenvalue weighted by atomic mass is 35.5. The normalized spacial score (nSPS) is 12.9. The fraction of sp³-hybridized carbons (Fsp3) is 0.231. The SMILES string of the molecule is CC(CN)c1c(O)ccc2cc(Cl)ccc12. The molecule has 0 heterocycles. The Hall–Kier alpha value is -1.25. The summed E-state index contributed by atoms with van der Waals surface area (Å²) in [5, 5.41) is 12.6. The molecule has 3 heteroatoms. The molecule has 0 spiro atoms. The second-order valence-electron chi connectivity index (χ2n) is 4.00. The zero-order valence-corrected chi connectivity index (χ0v) is 9.83. The van der Waals surface area contributed by atoms with Crippen LogP contribution >= 0.6 is 11.6 Å². The van der Waals surface area contributed by atoms with E-state index in [-0.39, 0.29) is 5.92 Å². The van der Waals surface area contributed by atoms with Crippen molar-refractivity contribution in [3.05, 3.63) is 40.9 Å². The van der Waals surface area contributed by atoms with Crippen molar-refractivity contribution in [2.24, 2.45) is 5.73 Å². The minimum atomic E-state index is 0.130. The van der Waals surface area contributed by atoms with Crippen LogP contribution in [-0.4, -0.2) is 11.7 Å². The van der Waals surface area contributed by atoms with Crippen LogP contribution in [0.2, 0.25) is 5.02 Å². The van der Waals surface area contributed by atoms with Crippen molar-refractivity contribution in [3.63, 3.8) is 0 Å². The summed E-state index contributed by atoms with van der Waals surface area (Å²) in [5.74, 6) is 0.428. The van der Waals surface area contributed by atoms with Crippen LogP contribution in [0.15, 0.2) is 30.3 Å². The second kappa shape index (κ2) is 4.32. The molecule has 0 amide bonds. The molecule has 0 saturated heterocycles. The summed E-state index contributed by atoms with van der Waals surface area (Å²) in [5.41, 5.74) is 6.56. The maximum Gasteiger partial charge on any atom is 0.119 e. The Balaban J connectivity index is 2.74. The van der Waals surface area contributed by atoms with Crippen LogP contribution in [0.5, 0.6) is 5.75 Å². The first-order chi connectivity index (χ1) is 7.63. The number of aromatic hydroxyl groups is 1. The number of hydrogen-bond acceptors (Lipinski definition) is 2. The van der Waals surface area contributed by atoms with Gasteiger partial charge in [0.25, 0.3) is 0 Å². The maximum absolute atomic E-state index is 9.89. The number of benzene rings is 2. The Morgan fingerprint density at radius 2 is 2.06 bits per heavy atom. The highest BCUT2D eigenvalue weighted by molar-refractivity contribution is 6.31. The zero-order valence-electron chi connectivity index (χ0n) is 9.07. The summed E-state index contributed by atoms with van der Waals surface area (Å²) in [7, 11) is 0. The molecule has 0 fully saturated rings. The fourth-order valence-electron chi connectivity index (χ4n) is 1.95. The summed E-state index contributed by atoms with van der Waals surface area (Å²) in [4.78, 5) is 0. The Morgan fingerprint density at radius 1 is 1.31 bits per heavy atom. The van der Waals surface area contributed by atoms with Crippen LogP contribution in [0.1, 0.15) is 18.4 Å². The standard InChI is InChI=1S/C13H14ClNO/c1-8(7-15)13-11-4-3-10(14)6-9(11)2-5-12(13)16/h2-6,8,16H,7,15H2,1H3. The lowest BCUT2D eigenvalue weighted by molar-refractivity contribution is 0.465. The molecule has 1 unspecified atom stereocenters. The molecule has 0 radical (unpaired) electrons. The molecule has 16 heavy (non-hydrogen) atoms. The second-order valence-corrected chi connectivity index (χ2v) is 4.44. The molecule has 0 aliphatic heterocycles. The number of halogens is 1. The lowest BCUT2D eigenvalue weighted by atomic mass is 9.94. The number of rotatable bonds is 2. The Bertz CT molecular complexity index is 525. The predicted molar refractivity (Wildman–Crippen MR) is 68.1 cm³/mol. The number of hydrogen-bond donors (Lipinski definition) is 2. The van der Waals surface area contributed by atoms with Crippen molar-refractivity contribution in [3.8, 4) is 5.75 Å². The molecular weight excluding hydrogens is 222 g/mol. The van der Waals surface area contributed by atoms with E-state index in [9.17, 15) is 5.11 Å². The first-order valence-corrected chi connectivity index (χ1v) is 5.62. The first-order valence-electron chi connectivity index (χ1n) is 5.24. The number of phenolic OH excluding ortho intramolecular Hbond substituents is 1. The zero-order chi connectivity index (χ0) is 11.7. The van der Waals surface area contributed by atoms with Crippen LogP contribution < -0.4 is 5.73 Å². The molecule has 2 nitrogen and oxygen atoms in total. The molecule has 2 rings (SSSR count). The molecular formula is C13H14ClNO. The molecule has 1 atom stereocenters. The van der Waals surface area contributed by atoms with E-state index in [1.54, 1.807) is 6.07 Å². The summed E-state index contributed by atoms with van der Waals surface area (Å²) >= 11 is 5.94. The van der Waals surface area contributed by atoms with Gasteiger partial charge in [-0.25, -0.2) is 0 Å². The fourth-order valence-corrected chi connectivity index (χ4v) is 2.13. The minimum Gasteiger partial charge on any atom is -0.508 e. The summed E-state index contributed by atoms with van der Waals surface area (Å²) < 4.78 is 0. The van der Waals surface area contributed by atoms with Crippen molar-refractivity contribution in [1.29, 1.82) is 0 Å². The van der Waals surface area contributed by atoms with Gasteiger partial charge in [0.2, 0.25) is 0 Å². The third-order valence-corrected chi connectivity index (χ3v) is 3.08. The summed E-state index contributed by atoms with van der Waals surface area (Å²) in [6, 6.07) is 9.21. The molecule has 0 aliphatic carbocycles. The van der Waals surface area contributed by atoms with Crippen LogP contribution in [-0.2, 0) is 0 Å². The van der Waals surface area contributed by atoms with E-state index in [2.05, 4.69) is 0 Å². The van der Waals surface area contributed by atoms with Gasteiger partial charge in [0.05, 0.1) is 0 Å². The van der Waals surface area contributed by atoms with Gasteiger partial charge in [-0.2, -0.15) is 0 Å². The third-order valence-electron chi connectivity index (χ3n) is 2.85. The van der Waals surface area contributed by atoms with E-state index >= 15 is 0 Å². The molecule has 2 aromatic rings. The maximum atomic E-state index is 9.89.